The van der Waals surface area contributed by atoms with Crippen LogP contribution >= 0.6 is 0 Å². The number of hydrogen-bond acceptors (Lipinski definition) is 6. The number of fused-ring (bicyclic) bond motifs is 3. The van der Waals surface area contributed by atoms with Crippen LogP contribution in [0.25, 0.3) is 0 Å². The molecule has 0 radical (unpaired) electrons. The second kappa shape index (κ2) is 12.5. The molecule has 0 N–H and O–H groups in total. The minimum Gasteiger partial charge on any atom is -0.269 e. The molecule has 0 aliphatic carbocycles. The predicted octanol–water partition coefficient (Wildman–Crippen LogP) is 9.03. The monoisotopic (exact) mass is 791 g/mol. The van der Waals surface area contributed by atoms with Crippen molar-refractivity contribution in [1.29, 1.82) is 0 Å². The molecule has 6 amide bonds. The highest BCUT2D eigenvalue weighted by molar-refractivity contribution is 6.35. The van der Waals surface area contributed by atoms with Crippen molar-refractivity contribution in [3.05, 3.63) is 133 Å². The normalized spacial score (nSPS) is 17.0. The molecule has 7 rings (SSSR count). The molecule has 4 aromatic rings. The zero-order valence-electron chi connectivity index (χ0n) is 34.3. The van der Waals surface area contributed by atoms with E-state index in [0.717, 1.165) is 40.5 Å². The van der Waals surface area contributed by atoms with E-state index in [1.807, 2.05) is 26.8 Å². The number of amides is 6. The lowest BCUT2D eigenvalue weighted by Crippen LogP contribution is -2.58. The third kappa shape index (κ3) is 5.29. The van der Waals surface area contributed by atoms with Crippen LogP contribution in [-0.2, 0) is 10.8 Å². The largest absolute Gasteiger partial charge is 0.402 e. The molecule has 0 saturated heterocycles. The Morgan fingerprint density at radius 3 is 1.38 bits per heavy atom. The summed E-state index contributed by atoms with van der Waals surface area (Å²) in [5.41, 5.74) is -3.50. The maximum absolute atomic E-state index is 15.4. The number of carbonyl (C=O) groups is 6. The number of imide groups is 3. The molecule has 3 aliphatic rings. The summed E-state index contributed by atoms with van der Waals surface area (Å²) in [6.07, 6.45) is -4.95. The summed E-state index contributed by atoms with van der Waals surface area (Å²) in [5.74, 6) is -3.72. The molecule has 0 spiro atoms. The van der Waals surface area contributed by atoms with Gasteiger partial charge in [-0.2, -0.15) is 13.2 Å². The molecule has 300 valence electrons. The number of anilines is 1. The van der Waals surface area contributed by atoms with Crippen LogP contribution in [0.1, 0.15) is 151 Å². The van der Waals surface area contributed by atoms with Crippen molar-refractivity contribution in [2.75, 3.05) is 4.90 Å². The van der Waals surface area contributed by atoms with Gasteiger partial charge in [-0.1, -0.05) is 44.2 Å². The number of alkyl halides is 3. The first-order chi connectivity index (χ1) is 26.7. The Kier molecular flexibility index (Phi) is 8.71. The van der Waals surface area contributed by atoms with E-state index in [2.05, 4.69) is 0 Å². The van der Waals surface area contributed by atoms with Gasteiger partial charge in [0.25, 0.3) is 35.4 Å². The van der Waals surface area contributed by atoms with Gasteiger partial charge in [-0.05, 0) is 132 Å². The van der Waals surface area contributed by atoms with Gasteiger partial charge in [0, 0.05) is 11.0 Å². The van der Waals surface area contributed by atoms with Gasteiger partial charge in [-0.15, -0.1) is 0 Å². The van der Waals surface area contributed by atoms with Crippen molar-refractivity contribution in [1.82, 2.24) is 9.80 Å². The molecule has 3 heterocycles. The van der Waals surface area contributed by atoms with Gasteiger partial charge >= 0.3 is 6.18 Å². The lowest BCUT2D eigenvalue weighted by atomic mass is 9.65. The first kappa shape index (κ1) is 40.3. The van der Waals surface area contributed by atoms with Crippen molar-refractivity contribution in [3.63, 3.8) is 0 Å². The molecular formula is C46H44F3N3O6. The fourth-order valence-electron chi connectivity index (χ4n) is 9.17. The lowest BCUT2D eigenvalue weighted by Gasteiger charge is -2.48. The highest BCUT2D eigenvalue weighted by atomic mass is 19.4. The summed E-state index contributed by atoms with van der Waals surface area (Å²) in [5, 5.41) is 0. The van der Waals surface area contributed by atoms with Crippen molar-refractivity contribution in [3.8, 4) is 0 Å². The van der Waals surface area contributed by atoms with Gasteiger partial charge in [0.1, 0.15) is 5.41 Å². The number of rotatable bonds is 6. The Hall–Kier alpha value is -5.91. The summed E-state index contributed by atoms with van der Waals surface area (Å²) in [4.78, 5) is 85.9. The Labute approximate surface area is 334 Å². The van der Waals surface area contributed by atoms with Gasteiger partial charge in [-0.3, -0.25) is 38.6 Å². The smallest absolute Gasteiger partial charge is 0.269 e. The molecule has 3 aliphatic heterocycles. The van der Waals surface area contributed by atoms with Crippen LogP contribution in [0.4, 0.5) is 18.9 Å². The average molecular weight is 792 g/mol. The van der Waals surface area contributed by atoms with E-state index >= 15 is 13.2 Å². The van der Waals surface area contributed by atoms with E-state index in [4.69, 9.17) is 0 Å². The first-order valence-electron chi connectivity index (χ1n) is 18.9. The number of hydrogen-bond donors (Lipinski definition) is 0. The van der Waals surface area contributed by atoms with Gasteiger partial charge in [0.2, 0.25) is 0 Å². The highest BCUT2D eigenvalue weighted by Gasteiger charge is 2.56. The Bertz CT molecular complexity index is 2540. The first-order valence-corrected chi connectivity index (χ1v) is 18.9. The summed E-state index contributed by atoms with van der Waals surface area (Å²) in [7, 11) is 0. The van der Waals surface area contributed by atoms with Crippen molar-refractivity contribution in [2.45, 2.75) is 104 Å². The van der Waals surface area contributed by atoms with Crippen LogP contribution in [0.5, 0.6) is 0 Å². The predicted molar refractivity (Wildman–Crippen MR) is 211 cm³/mol. The second-order valence-corrected chi connectivity index (χ2v) is 17.7. The third-order valence-electron chi connectivity index (χ3n) is 12.8. The van der Waals surface area contributed by atoms with Crippen molar-refractivity contribution >= 4 is 41.1 Å². The number of nitrogens with zero attached hydrogens (tertiary/aromatic N) is 3. The van der Waals surface area contributed by atoms with Crippen LogP contribution in [0.2, 0.25) is 0 Å². The molecule has 4 aromatic carbocycles. The van der Waals surface area contributed by atoms with Crippen LogP contribution in [0.3, 0.4) is 0 Å². The van der Waals surface area contributed by atoms with E-state index < -0.39 is 63.5 Å². The lowest BCUT2D eigenvalue weighted by molar-refractivity contribution is -0.173. The van der Waals surface area contributed by atoms with E-state index in [0.29, 0.717) is 27.8 Å². The molecule has 12 heteroatoms. The van der Waals surface area contributed by atoms with Gasteiger partial charge in [0.15, 0.2) is 0 Å². The zero-order valence-corrected chi connectivity index (χ0v) is 34.3. The SMILES string of the molecule is Cc1cc(C)c(C(C)(C)C(C)(C)N2C(=O)c3ccccc3C2=O)c(C)c1N1C(=O)c2ccc(C(C)(c3ccc4c(c3)C(=O)N(C(C)(C)C)C4=O)C(F)(F)F)cc2C1=O. The summed E-state index contributed by atoms with van der Waals surface area (Å²) in [6, 6.07) is 15.4. The number of aryl methyl sites for hydroxylation is 2. The molecule has 1 unspecified atom stereocenters. The average Bonchev–Trinajstić information content (AvgIpc) is 3.65. The number of halogens is 3. The Balaban J connectivity index is 1.30. The quantitative estimate of drug-likeness (QED) is 0.180. The minimum absolute atomic E-state index is 0.00272. The zero-order chi connectivity index (χ0) is 43.0. The molecule has 0 fully saturated rings. The molecular weight excluding hydrogens is 748 g/mol. The molecule has 0 aromatic heterocycles. The van der Waals surface area contributed by atoms with Crippen molar-refractivity contribution < 1.29 is 41.9 Å². The van der Waals surface area contributed by atoms with Crippen LogP contribution in [0, 0.1) is 20.8 Å². The summed E-state index contributed by atoms with van der Waals surface area (Å²) < 4.78 is 46.2. The Morgan fingerprint density at radius 2 is 0.897 bits per heavy atom. The van der Waals surface area contributed by atoms with Crippen LogP contribution in [-0.4, -0.2) is 62.5 Å². The van der Waals surface area contributed by atoms with Gasteiger partial charge < -0.3 is 0 Å². The maximum Gasteiger partial charge on any atom is 0.402 e. The fourth-order valence-corrected chi connectivity index (χ4v) is 9.17. The van der Waals surface area contributed by atoms with Crippen LogP contribution < -0.4 is 4.90 Å². The van der Waals surface area contributed by atoms with E-state index in [1.165, 1.54) is 23.1 Å². The molecule has 9 nitrogen and oxygen atoms in total. The van der Waals surface area contributed by atoms with E-state index in [9.17, 15) is 28.8 Å². The minimum atomic E-state index is -4.95. The molecule has 58 heavy (non-hydrogen) atoms. The van der Waals surface area contributed by atoms with Gasteiger partial charge in [-0.25, -0.2) is 4.90 Å². The standard InChI is InChI=1S/C46H44F3N3O6/c1-23-20-24(2)35(25(3)34(23)43(7,8)44(9,10)52-39(56)28-14-12-13-15-29(28)40(52)57)50-36(53)30-18-16-26(21-32(30)37(50)54)45(11,46(47,48)49)27-17-19-31-33(22-27)41(58)51(38(31)55)42(4,5)6/h12-22H,1-11H3. The van der Waals surface area contributed by atoms with Crippen LogP contribution in [0.15, 0.2) is 66.7 Å². The second-order valence-electron chi connectivity index (χ2n) is 17.7. The van der Waals surface area contributed by atoms with Crippen molar-refractivity contribution in [2.24, 2.45) is 0 Å². The number of carbonyl (C=O) groups excluding carboxylic acids is 6. The molecule has 0 saturated carbocycles. The summed E-state index contributed by atoms with van der Waals surface area (Å²) in [6.45, 7) is 18.6. The van der Waals surface area contributed by atoms with E-state index in [-0.39, 0.29) is 39.1 Å². The fraction of sp³-hybridized carbons (Fsp3) is 0.348. The summed E-state index contributed by atoms with van der Waals surface area (Å²) >= 11 is 0. The van der Waals surface area contributed by atoms with Gasteiger partial charge in [0.05, 0.1) is 44.6 Å². The topological polar surface area (TPSA) is 112 Å². The highest BCUT2D eigenvalue weighted by Crippen LogP contribution is 2.50. The maximum atomic E-state index is 15.4. The third-order valence-corrected chi connectivity index (χ3v) is 12.8. The Morgan fingerprint density at radius 1 is 0.483 bits per heavy atom. The molecule has 0 bridgehead atoms. The molecule has 1 atom stereocenters. The number of benzene rings is 4. The van der Waals surface area contributed by atoms with E-state index in [1.54, 1.807) is 72.7 Å².